The molecule has 1 aromatic rings. The molecule has 1 heterocycles. The first kappa shape index (κ1) is 10.9. The summed E-state index contributed by atoms with van der Waals surface area (Å²) in [6.07, 6.45) is 5.11. The molecule has 0 saturated heterocycles. The van der Waals surface area contributed by atoms with Crippen LogP contribution >= 0.6 is 11.3 Å². The van der Waals surface area contributed by atoms with Crippen LogP contribution in [0.1, 0.15) is 31.9 Å². The highest BCUT2D eigenvalue weighted by Gasteiger charge is 2.39. The molecule has 0 radical (unpaired) electrons. The van der Waals surface area contributed by atoms with Crippen molar-refractivity contribution in [2.75, 3.05) is 18.8 Å². The van der Waals surface area contributed by atoms with Crippen molar-refractivity contribution >= 4 is 16.5 Å². The second-order valence-corrected chi connectivity index (χ2v) is 5.35. The third kappa shape index (κ3) is 2.92. The van der Waals surface area contributed by atoms with Crippen LogP contribution in [0.15, 0.2) is 5.38 Å². The minimum atomic E-state index is 0.640. The van der Waals surface area contributed by atoms with Crippen LogP contribution in [0.25, 0.3) is 0 Å². The van der Waals surface area contributed by atoms with Gasteiger partial charge in [-0.15, -0.1) is 11.3 Å². The maximum Gasteiger partial charge on any atom is 0.180 e. The Morgan fingerprint density at radius 1 is 1.60 bits per heavy atom. The van der Waals surface area contributed by atoms with Gasteiger partial charge in [0.05, 0.1) is 5.69 Å². The van der Waals surface area contributed by atoms with Crippen molar-refractivity contribution < 1.29 is 0 Å². The van der Waals surface area contributed by atoms with E-state index >= 15 is 0 Å². The molecule has 15 heavy (non-hydrogen) atoms. The van der Waals surface area contributed by atoms with Crippen LogP contribution in [-0.4, -0.2) is 18.1 Å². The van der Waals surface area contributed by atoms with Crippen LogP contribution in [0.2, 0.25) is 0 Å². The van der Waals surface area contributed by atoms with Gasteiger partial charge >= 0.3 is 0 Å². The quantitative estimate of drug-likeness (QED) is 0.729. The highest BCUT2D eigenvalue weighted by atomic mass is 32.1. The molecule has 0 bridgehead atoms. The van der Waals surface area contributed by atoms with Crippen LogP contribution in [0.5, 0.6) is 0 Å². The number of hydrogen-bond acceptors (Lipinski definition) is 4. The number of nitrogens with one attached hydrogen (secondary N) is 1. The van der Waals surface area contributed by atoms with Gasteiger partial charge in [0.1, 0.15) is 0 Å². The molecule has 1 fully saturated rings. The molecule has 4 heteroatoms. The van der Waals surface area contributed by atoms with Crippen LogP contribution in [-0.2, 0) is 6.42 Å². The van der Waals surface area contributed by atoms with Gasteiger partial charge < -0.3 is 11.1 Å². The van der Waals surface area contributed by atoms with Crippen LogP contribution in [0, 0.1) is 5.41 Å². The van der Waals surface area contributed by atoms with E-state index < -0.39 is 0 Å². The molecule has 2 rings (SSSR count). The molecule has 84 valence electrons. The number of rotatable bonds is 6. The lowest BCUT2D eigenvalue weighted by Crippen LogP contribution is -2.25. The third-order valence-corrected chi connectivity index (χ3v) is 4.06. The highest BCUT2D eigenvalue weighted by Crippen LogP contribution is 2.47. The Bertz CT molecular complexity index is 317. The zero-order chi connectivity index (χ0) is 10.7. The van der Waals surface area contributed by atoms with E-state index in [2.05, 4.69) is 17.2 Å². The Kier molecular flexibility index (Phi) is 3.26. The fraction of sp³-hybridized carbons (Fsp3) is 0.727. The predicted molar refractivity (Wildman–Crippen MR) is 65.1 cm³/mol. The van der Waals surface area contributed by atoms with Crippen molar-refractivity contribution in [1.82, 2.24) is 10.3 Å². The van der Waals surface area contributed by atoms with Crippen molar-refractivity contribution in [3.63, 3.8) is 0 Å². The SMILES string of the molecule is CCC1(CNCCc2csc(N)n2)CC1. The number of hydrogen-bond donors (Lipinski definition) is 2. The molecule has 1 aromatic heterocycles. The maximum atomic E-state index is 5.57. The number of nitrogen functional groups attached to an aromatic ring is 1. The Morgan fingerprint density at radius 2 is 2.40 bits per heavy atom. The smallest absolute Gasteiger partial charge is 0.180 e. The van der Waals surface area contributed by atoms with E-state index in [1.165, 1.54) is 37.1 Å². The van der Waals surface area contributed by atoms with Gasteiger partial charge in [-0.25, -0.2) is 4.98 Å². The summed E-state index contributed by atoms with van der Waals surface area (Å²) in [5, 5.41) is 6.24. The summed E-state index contributed by atoms with van der Waals surface area (Å²) >= 11 is 1.52. The van der Waals surface area contributed by atoms with Crippen molar-refractivity contribution in [2.45, 2.75) is 32.6 Å². The highest BCUT2D eigenvalue weighted by molar-refractivity contribution is 7.13. The molecule has 0 amide bonds. The van der Waals surface area contributed by atoms with Crippen LogP contribution < -0.4 is 11.1 Å². The summed E-state index contributed by atoms with van der Waals surface area (Å²) in [6.45, 7) is 4.48. The van der Waals surface area contributed by atoms with E-state index in [1.54, 1.807) is 0 Å². The average Bonchev–Trinajstić information content (AvgIpc) is 2.91. The summed E-state index contributed by atoms with van der Waals surface area (Å²) < 4.78 is 0. The van der Waals surface area contributed by atoms with E-state index in [9.17, 15) is 0 Å². The van der Waals surface area contributed by atoms with Crippen LogP contribution in [0.4, 0.5) is 5.13 Å². The number of nitrogens with two attached hydrogens (primary N) is 1. The topological polar surface area (TPSA) is 50.9 Å². The Morgan fingerprint density at radius 3 is 2.93 bits per heavy atom. The van der Waals surface area contributed by atoms with E-state index in [0.717, 1.165) is 18.7 Å². The molecular weight excluding hydrogens is 206 g/mol. The summed E-state index contributed by atoms with van der Waals surface area (Å²) in [4.78, 5) is 4.24. The Labute approximate surface area is 95.1 Å². The molecule has 0 aliphatic heterocycles. The summed E-state index contributed by atoms with van der Waals surface area (Å²) in [5.41, 5.74) is 7.33. The molecule has 3 nitrogen and oxygen atoms in total. The third-order valence-electron chi connectivity index (χ3n) is 3.33. The predicted octanol–water partition coefficient (Wildman–Crippen LogP) is 2.05. The van der Waals surface area contributed by atoms with Crippen molar-refractivity contribution in [1.29, 1.82) is 0 Å². The minimum Gasteiger partial charge on any atom is -0.375 e. The van der Waals surface area contributed by atoms with E-state index in [0.29, 0.717) is 10.5 Å². The summed E-state index contributed by atoms with van der Waals surface area (Å²) in [5.74, 6) is 0. The lowest BCUT2D eigenvalue weighted by molar-refractivity contribution is 0.445. The summed E-state index contributed by atoms with van der Waals surface area (Å²) in [6, 6.07) is 0. The molecule has 0 atom stereocenters. The van der Waals surface area contributed by atoms with Crippen LogP contribution in [0.3, 0.4) is 0 Å². The average molecular weight is 225 g/mol. The molecule has 1 aliphatic rings. The zero-order valence-corrected chi connectivity index (χ0v) is 10.1. The number of thiazole rings is 1. The lowest BCUT2D eigenvalue weighted by atomic mass is 10.0. The Hall–Kier alpha value is -0.610. The van der Waals surface area contributed by atoms with Crippen molar-refractivity contribution in [2.24, 2.45) is 5.41 Å². The largest absolute Gasteiger partial charge is 0.375 e. The second-order valence-electron chi connectivity index (χ2n) is 4.46. The molecule has 0 spiro atoms. The normalized spacial score (nSPS) is 17.9. The lowest BCUT2D eigenvalue weighted by Gasteiger charge is -2.12. The standard InChI is InChI=1S/C11H19N3S/c1-2-11(4-5-11)8-13-6-3-9-7-15-10(12)14-9/h7,13H,2-6,8H2,1H3,(H2,12,14). The van der Waals surface area contributed by atoms with Crippen molar-refractivity contribution in [3.05, 3.63) is 11.1 Å². The number of nitrogens with zero attached hydrogens (tertiary/aromatic N) is 1. The molecule has 1 aliphatic carbocycles. The minimum absolute atomic E-state index is 0.640. The van der Waals surface area contributed by atoms with E-state index in [-0.39, 0.29) is 0 Å². The molecule has 3 N–H and O–H groups in total. The molecule has 1 saturated carbocycles. The van der Waals surface area contributed by atoms with Crippen molar-refractivity contribution in [3.8, 4) is 0 Å². The number of anilines is 1. The number of aromatic nitrogens is 1. The van der Waals surface area contributed by atoms with Gasteiger partial charge in [0.15, 0.2) is 5.13 Å². The first-order valence-corrected chi connectivity index (χ1v) is 6.53. The Balaban J connectivity index is 1.63. The van der Waals surface area contributed by atoms with E-state index in [4.69, 9.17) is 5.73 Å². The van der Waals surface area contributed by atoms with Gasteiger partial charge in [-0.2, -0.15) is 0 Å². The van der Waals surface area contributed by atoms with E-state index in [1.807, 2.05) is 5.38 Å². The van der Waals surface area contributed by atoms with Gasteiger partial charge in [-0.05, 0) is 24.7 Å². The van der Waals surface area contributed by atoms with Gasteiger partial charge in [-0.3, -0.25) is 0 Å². The molecule has 0 aromatic carbocycles. The van der Waals surface area contributed by atoms with Gasteiger partial charge in [0.2, 0.25) is 0 Å². The zero-order valence-electron chi connectivity index (χ0n) is 9.25. The van der Waals surface area contributed by atoms with Gasteiger partial charge in [-0.1, -0.05) is 6.92 Å². The molecule has 0 unspecified atom stereocenters. The molecular formula is C11H19N3S. The monoisotopic (exact) mass is 225 g/mol. The fourth-order valence-electron chi connectivity index (χ4n) is 1.84. The second kappa shape index (κ2) is 4.49. The van der Waals surface area contributed by atoms with Gasteiger partial charge in [0, 0.05) is 24.9 Å². The maximum absolute atomic E-state index is 5.57. The fourth-order valence-corrected chi connectivity index (χ4v) is 2.44. The first-order valence-electron chi connectivity index (χ1n) is 5.65. The summed E-state index contributed by atoms with van der Waals surface area (Å²) in [7, 11) is 0. The van der Waals surface area contributed by atoms with Gasteiger partial charge in [0.25, 0.3) is 0 Å². The first-order chi connectivity index (χ1) is 7.24.